The first-order valence-corrected chi connectivity index (χ1v) is 9.93. The molecule has 0 saturated carbocycles. The standard InChI is InChI=1S/C19H21FN4O2S/c1-13-17(27-19(21-13)24-8-4-7-16(24)25)18(26)23-11-9-22(10-12-23)15-6-3-2-5-14(15)20/h2-3,5-6H,4,7-12H2,1H3. The van der Waals surface area contributed by atoms with Gasteiger partial charge in [0.15, 0.2) is 5.13 Å². The van der Waals surface area contributed by atoms with Crippen LogP contribution in [-0.2, 0) is 4.79 Å². The summed E-state index contributed by atoms with van der Waals surface area (Å²) in [5.74, 6) is -0.229. The molecule has 8 heteroatoms. The Morgan fingerprint density at radius 2 is 1.89 bits per heavy atom. The minimum atomic E-state index is -0.240. The van der Waals surface area contributed by atoms with E-state index in [0.29, 0.717) is 60.5 Å². The van der Waals surface area contributed by atoms with Crippen LogP contribution in [-0.4, -0.2) is 54.4 Å². The van der Waals surface area contributed by atoms with Crippen molar-refractivity contribution in [3.8, 4) is 0 Å². The van der Waals surface area contributed by atoms with Gasteiger partial charge in [0.1, 0.15) is 10.7 Å². The van der Waals surface area contributed by atoms with E-state index in [9.17, 15) is 14.0 Å². The predicted molar refractivity (Wildman–Crippen MR) is 103 cm³/mol. The Kier molecular flexibility index (Phi) is 4.82. The van der Waals surface area contributed by atoms with Crippen molar-refractivity contribution in [1.29, 1.82) is 0 Å². The third-order valence-electron chi connectivity index (χ3n) is 5.04. The van der Waals surface area contributed by atoms with Crippen molar-refractivity contribution < 1.29 is 14.0 Å². The van der Waals surface area contributed by atoms with Crippen LogP contribution in [0.1, 0.15) is 28.2 Å². The lowest BCUT2D eigenvalue weighted by atomic mass is 10.2. The zero-order valence-electron chi connectivity index (χ0n) is 15.2. The molecule has 27 heavy (non-hydrogen) atoms. The van der Waals surface area contributed by atoms with Crippen LogP contribution < -0.4 is 9.80 Å². The van der Waals surface area contributed by atoms with E-state index in [1.54, 1.807) is 21.9 Å². The fourth-order valence-corrected chi connectivity index (χ4v) is 4.63. The molecule has 6 nitrogen and oxygen atoms in total. The lowest BCUT2D eigenvalue weighted by Crippen LogP contribution is -2.49. The van der Waals surface area contributed by atoms with E-state index in [1.165, 1.54) is 17.4 Å². The van der Waals surface area contributed by atoms with Gasteiger partial charge in [0.25, 0.3) is 5.91 Å². The number of carbonyl (C=O) groups excluding carboxylic acids is 2. The predicted octanol–water partition coefficient (Wildman–Crippen LogP) is 2.68. The molecular weight excluding hydrogens is 367 g/mol. The molecule has 2 aliphatic heterocycles. The molecule has 0 N–H and O–H groups in total. The van der Waals surface area contributed by atoms with Crippen molar-refractivity contribution in [3.63, 3.8) is 0 Å². The van der Waals surface area contributed by atoms with Crippen molar-refractivity contribution in [2.45, 2.75) is 19.8 Å². The lowest BCUT2D eigenvalue weighted by Gasteiger charge is -2.36. The van der Waals surface area contributed by atoms with E-state index < -0.39 is 0 Å². The second kappa shape index (κ2) is 7.26. The van der Waals surface area contributed by atoms with Gasteiger partial charge in [0.05, 0.1) is 11.4 Å². The number of para-hydroxylation sites is 1. The van der Waals surface area contributed by atoms with Crippen molar-refractivity contribution in [3.05, 3.63) is 40.7 Å². The largest absolute Gasteiger partial charge is 0.366 e. The van der Waals surface area contributed by atoms with Crippen molar-refractivity contribution in [2.75, 3.05) is 42.5 Å². The van der Waals surface area contributed by atoms with Crippen LogP contribution >= 0.6 is 11.3 Å². The summed E-state index contributed by atoms with van der Waals surface area (Å²) in [4.78, 5) is 35.3. The number of anilines is 2. The molecule has 1 aromatic carbocycles. The summed E-state index contributed by atoms with van der Waals surface area (Å²) in [7, 11) is 0. The van der Waals surface area contributed by atoms with Gasteiger partial charge < -0.3 is 9.80 Å². The molecule has 0 bridgehead atoms. The molecule has 0 radical (unpaired) electrons. The van der Waals surface area contributed by atoms with E-state index in [-0.39, 0.29) is 17.6 Å². The average molecular weight is 388 g/mol. The van der Waals surface area contributed by atoms with Gasteiger partial charge >= 0.3 is 0 Å². The summed E-state index contributed by atoms with van der Waals surface area (Å²) in [5.41, 5.74) is 1.24. The molecule has 2 aliphatic rings. The van der Waals surface area contributed by atoms with Crippen LogP contribution in [0.15, 0.2) is 24.3 Å². The number of carbonyl (C=O) groups is 2. The highest BCUT2D eigenvalue weighted by Crippen LogP contribution is 2.30. The van der Waals surface area contributed by atoms with E-state index in [2.05, 4.69) is 4.98 Å². The van der Waals surface area contributed by atoms with Crippen molar-refractivity contribution in [2.24, 2.45) is 0 Å². The maximum absolute atomic E-state index is 14.0. The number of amides is 2. The number of aryl methyl sites for hydroxylation is 1. The van der Waals surface area contributed by atoms with Gasteiger partial charge in [-0.25, -0.2) is 9.37 Å². The van der Waals surface area contributed by atoms with E-state index in [1.807, 2.05) is 17.9 Å². The van der Waals surface area contributed by atoms with E-state index >= 15 is 0 Å². The molecule has 0 spiro atoms. The van der Waals surface area contributed by atoms with Crippen LogP contribution in [0.3, 0.4) is 0 Å². The average Bonchev–Trinajstić information content (AvgIpc) is 3.27. The monoisotopic (exact) mass is 388 g/mol. The molecular formula is C19H21FN4O2S. The van der Waals surface area contributed by atoms with E-state index in [0.717, 1.165) is 6.42 Å². The maximum Gasteiger partial charge on any atom is 0.266 e. The van der Waals surface area contributed by atoms with Gasteiger partial charge in [0.2, 0.25) is 5.91 Å². The minimum Gasteiger partial charge on any atom is -0.366 e. The Morgan fingerprint density at radius 1 is 1.15 bits per heavy atom. The Balaban J connectivity index is 1.45. The zero-order chi connectivity index (χ0) is 19.0. The number of piperazine rings is 1. The highest BCUT2D eigenvalue weighted by molar-refractivity contribution is 7.17. The first-order chi connectivity index (χ1) is 13.0. The topological polar surface area (TPSA) is 56.8 Å². The summed E-state index contributed by atoms with van der Waals surface area (Å²) in [6.45, 7) is 4.71. The van der Waals surface area contributed by atoms with Crippen LogP contribution in [0, 0.1) is 12.7 Å². The molecule has 2 fully saturated rings. The first-order valence-electron chi connectivity index (χ1n) is 9.11. The Morgan fingerprint density at radius 3 is 2.56 bits per heavy atom. The molecule has 0 aliphatic carbocycles. The van der Waals surface area contributed by atoms with Gasteiger partial charge in [0, 0.05) is 39.1 Å². The van der Waals surface area contributed by atoms with Gasteiger partial charge in [-0.2, -0.15) is 0 Å². The molecule has 1 aromatic heterocycles. The van der Waals surface area contributed by atoms with Crippen LogP contribution in [0.25, 0.3) is 0 Å². The highest BCUT2D eigenvalue weighted by Gasteiger charge is 2.29. The fourth-order valence-electron chi connectivity index (χ4n) is 3.55. The van der Waals surface area contributed by atoms with E-state index in [4.69, 9.17) is 0 Å². The van der Waals surface area contributed by atoms with Crippen LogP contribution in [0.5, 0.6) is 0 Å². The van der Waals surface area contributed by atoms with Gasteiger partial charge in [-0.3, -0.25) is 14.5 Å². The Labute approximate surface area is 161 Å². The highest BCUT2D eigenvalue weighted by atomic mass is 32.1. The molecule has 3 heterocycles. The van der Waals surface area contributed by atoms with Crippen LogP contribution in [0.2, 0.25) is 0 Å². The quantitative estimate of drug-likeness (QED) is 0.811. The third kappa shape index (κ3) is 3.41. The molecule has 0 unspecified atom stereocenters. The maximum atomic E-state index is 14.0. The number of hydrogen-bond donors (Lipinski definition) is 0. The smallest absolute Gasteiger partial charge is 0.266 e. The number of rotatable bonds is 3. The normalized spacial score (nSPS) is 17.7. The van der Waals surface area contributed by atoms with Crippen molar-refractivity contribution in [1.82, 2.24) is 9.88 Å². The number of benzene rings is 1. The summed E-state index contributed by atoms with van der Waals surface area (Å²) in [5, 5.41) is 0.614. The number of hydrogen-bond acceptors (Lipinski definition) is 5. The lowest BCUT2D eigenvalue weighted by molar-refractivity contribution is -0.117. The minimum absolute atomic E-state index is 0.0592. The molecule has 142 valence electrons. The Hall–Kier alpha value is -2.48. The summed E-state index contributed by atoms with van der Waals surface area (Å²) >= 11 is 1.29. The van der Waals surface area contributed by atoms with Crippen LogP contribution in [0.4, 0.5) is 15.2 Å². The number of thiazole rings is 1. The number of nitrogens with zero attached hydrogens (tertiary/aromatic N) is 4. The number of halogens is 1. The number of aromatic nitrogens is 1. The molecule has 2 amide bonds. The third-order valence-corrected chi connectivity index (χ3v) is 6.21. The first kappa shape index (κ1) is 17.9. The fraction of sp³-hybridized carbons (Fsp3) is 0.421. The zero-order valence-corrected chi connectivity index (χ0v) is 16.0. The second-order valence-electron chi connectivity index (χ2n) is 6.79. The second-order valence-corrected chi connectivity index (χ2v) is 7.77. The molecule has 0 atom stereocenters. The molecule has 4 rings (SSSR count). The van der Waals surface area contributed by atoms with Gasteiger partial charge in [-0.05, 0) is 25.5 Å². The Bertz CT molecular complexity index is 876. The van der Waals surface area contributed by atoms with Gasteiger partial charge in [-0.1, -0.05) is 23.5 Å². The molecule has 2 aromatic rings. The molecule has 2 saturated heterocycles. The van der Waals surface area contributed by atoms with Crippen molar-refractivity contribution >= 4 is 34.0 Å². The summed E-state index contributed by atoms with van der Waals surface area (Å²) < 4.78 is 14.0. The summed E-state index contributed by atoms with van der Waals surface area (Å²) in [6.07, 6.45) is 1.37. The SMILES string of the molecule is Cc1nc(N2CCCC2=O)sc1C(=O)N1CCN(c2ccccc2F)CC1. The van der Waals surface area contributed by atoms with Gasteiger partial charge in [-0.15, -0.1) is 0 Å². The summed E-state index contributed by atoms with van der Waals surface area (Å²) in [6, 6.07) is 6.71.